The van der Waals surface area contributed by atoms with Gasteiger partial charge in [-0.1, -0.05) is 18.2 Å². The number of carbonyl (C=O) groups excluding carboxylic acids is 1. The normalized spacial score (nSPS) is 16.2. The van der Waals surface area contributed by atoms with E-state index in [1.54, 1.807) is 18.3 Å². The lowest BCUT2D eigenvalue weighted by Gasteiger charge is -2.19. The van der Waals surface area contributed by atoms with Gasteiger partial charge in [-0.25, -0.2) is 10.1 Å². The molecule has 1 atom stereocenters. The first-order valence-corrected chi connectivity index (χ1v) is 9.22. The first-order valence-electron chi connectivity index (χ1n) is 9.22. The van der Waals surface area contributed by atoms with Gasteiger partial charge >= 0.3 is 0 Å². The maximum Gasteiger partial charge on any atom is 0.272 e. The second-order valence-electron chi connectivity index (χ2n) is 7.53. The summed E-state index contributed by atoms with van der Waals surface area (Å²) in [4.78, 5) is 29.0. The predicted octanol–water partition coefficient (Wildman–Crippen LogP) is 2.13. The molecule has 2 heterocycles. The minimum Gasteiger partial charge on any atom is -0.355 e. The van der Waals surface area contributed by atoms with Gasteiger partial charge in [-0.05, 0) is 32.8 Å². The first kappa shape index (κ1) is 17.5. The molecule has 1 aromatic carbocycles. The van der Waals surface area contributed by atoms with Crippen LogP contribution in [-0.2, 0) is 11.3 Å². The summed E-state index contributed by atoms with van der Waals surface area (Å²) in [5.74, 6) is 0.468. The summed E-state index contributed by atoms with van der Waals surface area (Å²) in [6.07, 6.45) is 5.98. The molecule has 2 N–H and O–H groups in total. The number of fused-ring (bicyclic) bond motifs is 1. The lowest BCUT2D eigenvalue weighted by atomic mass is 10.00. The number of H-pyrrole nitrogens is 1. The van der Waals surface area contributed by atoms with Crippen molar-refractivity contribution in [3.63, 3.8) is 0 Å². The maximum atomic E-state index is 12.8. The molecule has 1 amide bonds. The summed E-state index contributed by atoms with van der Waals surface area (Å²) in [5, 5.41) is 11.0. The van der Waals surface area contributed by atoms with E-state index in [0.717, 1.165) is 30.6 Å². The lowest BCUT2D eigenvalue weighted by Crippen LogP contribution is -2.35. The molecule has 2 aromatic heterocycles. The Hall–Kier alpha value is -2.96. The smallest absolute Gasteiger partial charge is 0.272 e. The van der Waals surface area contributed by atoms with Crippen molar-refractivity contribution in [2.75, 3.05) is 6.54 Å². The molecule has 3 aromatic rings. The number of nitrogens with zero attached hydrogens (tertiary/aromatic N) is 3. The number of nitrogens with one attached hydrogen (secondary N) is 2. The molecule has 0 bridgehead atoms. The van der Waals surface area contributed by atoms with Crippen LogP contribution in [0.1, 0.15) is 37.2 Å². The van der Waals surface area contributed by atoms with Crippen LogP contribution >= 0.6 is 0 Å². The standard InChI is InChI=1S/C20H23N5O2/c1-13(17-15-5-3-4-6-16(15)19(27)24-23-17)18(26)22-11-20(7-8-20)12-25-10-9-21-14(25)2/h3-6,9-10,13H,7-8,11-12H2,1-2H3,(H,22,26)(H,24,27). The Morgan fingerprint density at radius 3 is 2.74 bits per heavy atom. The summed E-state index contributed by atoms with van der Waals surface area (Å²) in [5.41, 5.74) is 0.467. The number of aryl methyl sites for hydroxylation is 1. The van der Waals surface area contributed by atoms with E-state index < -0.39 is 5.92 Å². The van der Waals surface area contributed by atoms with E-state index in [-0.39, 0.29) is 16.9 Å². The number of carbonyl (C=O) groups is 1. The third-order valence-corrected chi connectivity index (χ3v) is 5.55. The van der Waals surface area contributed by atoms with Gasteiger partial charge in [0.15, 0.2) is 0 Å². The van der Waals surface area contributed by atoms with Crippen LogP contribution in [0.4, 0.5) is 0 Å². The van der Waals surface area contributed by atoms with Crippen LogP contribution in [0.5, 0.6) is 0 Å². The number of rotatable bonds is 6. The van der Waals surface area contributed by atoms with Crippen LogP contribution < -0.4 is 10.9 Å². The van der Waals surface area contributed by atoms with E-state index in [0.29, 0.717) is 17.6 Å². The van der Waals surface area contributed by atoms with Crippen LogP contribution in [-0.4, -0.2) is 32.2 Å². The Kier molecular flexibility index (Phi) is 4.30. The highest BCUT2D eigenvalue weighted by molar-refractivity contribution is 5.90. The van der Waals surface area contributed by atoms with Crippen LogP contribution in [0.2, 0.25) is 0 Å². The fraction of sp³-hybridized carbons (Fsp3) is 0.400. The molecule has 0 aliphatic heterocycles. The number of benzene rings is 1. The quantitative estimate of drug-likeness (QED) is 0.700. The Balaban J connectivity index is 1.47. The van der Waals surface area contributed by atoms with Crippen molar-refractivity contribution in [3.05, 3.63) is 58.5 Å². The van der Waals surface area contributed by atoms with Crippen LogP contribution in [0.15, 0.2) is 41.5 Å². The molecular formula is C20H23N5O2. The number of hydrogen-bond donors (Lipinski definition) is 2. The van der Waals surface area contributed by atoms with Gasteiger partial charge in [-0.2, -0.15) is 5.10 Å². The van der Waals surface area contributed by atoms with Crippen LogP contribution in [0.25, 0.3) is 10.8 Å². The molecule has 140 valence electrons. The molecule has 0 saturated heterocycles. The number of amides is 1. The molecule has 1 fully saturated rings. The average molecular weight is 365 g/mol. The minimum absolute atomic E-state index is 0.0756. The van der Waals surface area contributed by atoms with Crippen LogP contribution in [0, 0.1) is 12.3 Å². The fourth-order valence-corrected chi connectivity index (χ4v) is 3.52. The molecule has 7 nitrogen and oxygen atoms in total. The van der Waals surface area contributed by atoms with Crippen molar-refractivity contribution in [2.24, 2.45) is 5.41 Å². The van der Waals surface area contributed by atoms with Gasteiger partial charge in [-0.15, -0.1) is 0 Å². The molecule has 1 aliphatic carbocycles. The Bertz CT molecular complexity index is 1050. The van der Waals surface area contributed by atoms with Gasteiger partial charge in [0.05, 0.1) is 17.0 Å². The average Bonchev–Trinajstić information content (AvgIpc) is 3.34. The molecule has 1 saturated carbocycles. The Labute approximate surface area is 156 Å². The van der Waals surface area contributed by atoms with Gasteiger partial charge in [0.2, 0.25) is 5.91 Å². The number of imidazole rings is 1. The van der Waals surface area contributed by atoms with Gasteiger partial charge in [0.25, 0.3) is 5.56 Å². The van der Waals surface area contributed by atoms with Crippen LogP contribution in [0.3, 0.4) is 0 Å². The van der Waals surface area contributed by atoms with Crippen molar-refractivity contribution in [3.8, 4) is 0 Å². The van der Waals surface area contributed by atoms with E-state index in [4.69, 9.17) is 0 Å². The van der Waals surface area contributed by atoms with Crippen molar-refractivity contribution in [1.29, 1.82) is 0 Å². The first-order chi connectivity index (χ1) is 13.0. The summed E-state index contributed by atoms with van der Waals surface area (Å²) < 4.78 is 2.14. The summed E-state index contributed by atoms with van der Waals surface area (Å²) in [6, 6.07) is 7.24. The largest absolute Gasteiger partial charge is 0.355 e. The van der Waals surface area contributed by atoms with E-state index in [2.05, 4.69) is 25.1 Å². The highest BCUT2D eigenvalue weighted by Crippen LogP contribution is 2.46. The fourth-order valence-electron chi connectivity index (χ4n) is 3.52. The molecular weight excluding hydrogens is 342 g/mol. The van der Waals surface area contributed by atoms with E-state index in [1.807, 2.05) is 32.2 Å². The molecule has 27 heavy (non-hydrogen) atoms. The van der Waals surface area contributed by atoms with Gasteiger partial charge < -0.3 is 9.88 Å². The van der Waals surface area contributed by atoms with Gasteiger partial charge in [0.1, 0.15) is 5.82 Å². The van der Waals surface area contributed by atoms with E-state index >= 15 is 0 Å². The second-order valence-corrected chi connectivity index (χ2v) is 7.53. The maximum absolute atomic E-state index is 12.8. The van der Waals surface area contributed by atoms with Crippen molar-refractivity contribution < 1.29 is 4.79 Å². The molecule has 1 unspecified atom stereocenters. The SMILES string of the molecule is Cc1nccn1CC1(CNC(=O)C(C)c2n[nH]c(=O)c3ccccc23)CC1. The van der Waals surface area contributed by atoms with Gasteiger partial charge in [0, 0.05) is 36.3 Å². The monoisotopic (exact) mass is 365 g/mol. The van der Waals surface area contributed by atoms with Crippen molar-refractivity contribution in [2.45, 2.75) is 39.2 Å². The van der Waals surface area contributed by atoms with Crippen molar-refractivity contribution >= 4 is 16.7 Å². The summed E-state index contributed by atoms with van der Waals surface area (Å²) >= 11 is 0. The summed E-state index contributed by atoms with van der Waals surface area (Å²) in [7, 11) is 0. The minimum atomic E-state index is -0.447. The third kappa shape index (κ3) is 3.37. The lowest BCUT2D eigenvalue weighted by molar-refractivity contribution is -0.122. The van der Waals surface area contributed by atoms with E-state index in [1.165, 1.54) is 0 Å². The van der Waals surface area contributed by atoms with E-state index in [9.17, 15) is 9.59 Å². The molecule has 4 rings (SSSR count). The predicted molar refractivity (Wildman–Crippen MR) is 102 cm³/mol. The Morgan fingerprint density at radius 1 is 1.33 bits per heavy atom. The van der Waals surface area contributed by atoms with Crippen molar-refractivity contribution in [1.82, 2.24) is 25.1 Å². The zero-order valence-corrected chi connectivity index (χ0v) is 15.5. The third-order valence-electron chi connectivity index (χ3n) is 5.55. The molecule has 0 radical (unpaired) electrons. The number of aromatic nitrogens is 4. The molecule has 1 aliphatic rings. The highest BCUT2D eigenvalue weighted by atomic mass is 16.2. The molecule has 7 heteroatoms. The topological polar surface area (TPSA) is 92.7 Å². The Morgan fingerprint density at radius 2 is 2.07 bits per heavy atom. The van der Waals surface area contributed by atoms with Gasteiger partial charge in [-0.3, -0.25) is 9.59 Å². The highest BCUT2D eigenvalue weighted by Gasteiger charge is 2.43. The number of aromatic amines is 1. The summed E-state index contributed by atoms with van der Waals surface area (Å²) in [6.45, 7) is 5.31. The number of hydrogen-bond acceptors (Lipinski definition) is 4. The molecule has 0 spiro atoms. The second kappa shape index (κ2) is 6.64. The zero-order valence-electron chi connectivity index (χ0n) is 15.5. The zero-order chi connectivity index (χ0) is 19.0.